The molecule has 2 rings (SSSR count). The second-order valence-corrected chi connectivity index (χ2v) is 3.70. The first kappa shape index (κ1) is 11.5. The Hall–Kier alpha value is -1.94. The fourth-order valence-electron chi connectivity index (χ4n) is 1.50. The Kier molecular flexibility index (Phi) is 3.67. The maximum Gasteiger partial charge on any atom is 0.141 e. The lowest BCUT2D eigenvalue weighted by Crippen LogP contribution is -2.04. The summed E-state index contributed by atoms with van der Waals surface area (Å²) < 4.78 is 5.66. The molecule has 0 radical (unpaired) electrons. The summed E-state index contributed by atoms with van der Waals surface area (Å²) in [6.45, 7) is 2.79. The van der Waals surface area contributed by atoms with E-state index in [0.717, 1.165) is 22.8 Å². The molecule has 0 atom stereocenters. The van der Waals surface area contributed by atoms with Gasteiger partial charge in [-0.2, -0.15) is 0 Å². The predicted octanol–water partition coefficient (Wildman–Crippen LogP) is 1.82. The highest BCUT2D eigenvalue weighted by Crippen LogP contribution is 2.15. The summed E-state index contributed by atoms with van der Waals surface area (Å²) in [7, 11) is 0. The van der Waals surface area contributed by atoms with E-state index >= 15 is 0 Å². The molecule has 0 bridgehead atoms. The fraction of sp³-hybridized carbons (Fsp3) is 0.231. The van der Waals surface area contributed by atoms with Crippen LogP contribution in [-0.4, -0.2) is 9.97 Å². The number of nitrogens with zero attached hydrogens (tertiary/aromatic N) is 2. The predicted molar refractivity (Wildman–Crippen MR) is 65.4 cm³/mol. The highest BCUT2D eigenvalue weighted by Gasteiger charge is 2.01. The van der Waals surface area contributed by atoms with Crippen LogP contribution in [0.1, 0.15) is 17.1 Å². The van der Waals surface area contributed by atoms with E-state index in [1.807, 2.05) is 37.3 Å². The Balaban J connectivity index is 2.05. The largest absolute Gasteiger partial charge is 0.485 e. The number of nitrogens with two attached hydrogens (primary N) is 1. The summed E-state index contributed by atoms with van der Waals surface area (Å²) in [5.74, 6) is 0.785. The second kappa shape index (κ2) is 5.41. The van der Waals surface area contributed by atoms with E-state index in [0.29, 0.717) is 13.2 Å². The molecule has 0 saturated heterocycles. The molecule has 0 saturated carbocycles. The Morgan fingerprint density at radius 2 is 2.00 bits per heavy atom. The number of ether oxygens (including phenoxy) is 1. The molecule has 2 aromatic heterocycles. The van der Waals surface area contributed by atoms with Gasteiger partial charge in [0.25, 0.3) is 0 Å². The molecule has 17 heavy (non-hydrogen) atoms. The number of hydrogen-bond donors (Lipinski definition) is 1. The van der Waals surface area contributed by atoms with Gasteiger partial charge in [0.15, 0.2) is 0 Å². The third-order valence-corrected chi connectivity index (χ3v) is 2.41. The lowest BCUT2D eigenvalue weighted by molar-refractivity contribution is 0.297. The zero-order valence-corrected chi connectivity index (χ0v) is 9.76. The van der Waals surface area contributed by atoms with Gasteiger partial charge in [-0.15, -0.1) is 0 Å². The van der Waals surface area contributed by atoms with E-state index < -0.39 is 0 Å². The van der Waals surface area contributed by atoms with E-state index in [4.69, 9.17) is 10.5 Å². The smallest absolute Gasteiger partial charge is 0.141 e. The van der Waals surface area contributed by atoms with E-state index in [2.05, 4.69) is 9.97 Å². The fourth-order valence-corrected chi connectivity index (χ4v) is 1.50. The average Bonchev–Trinajstić information content (AvgIpc) is 2.38. The van der Waals surface area contributed by atoms with Crippen molar-refractivity contribution < 1.29 is 4.74 Å². The molecule has 0 aromatic carbocycles. The van der Waals surface area contributed by atoms with Gasteiger partial charge in [0.05, 0.1) is 17.1 Å². The van der Waals surface area contributed by atoms with Gasteiger partial charge in [0.1, 0.15) is 12.4 Å². The first-order chi connectivity index (χ1) is 8.29. The van der Waals surface area contributed by atoms with Gasteiger partial charge in [-0.25, -0.2) is 0 Å². The Morgan fingerprint density at radius 1 is 1.18 bits per heavy atom. The molecule has 0 aliphatic heterocycles. The van der Waals surface area contributed by atoms with E-state index in [1.165, 1.54) is 0 Å². The van der Waals surface area contributed by atoms with Crippen LogP contribution in [0, 0.1) is 6.92 Å². The van der Waals surface area contributed by atoms with Crippen LogP contribution in [0.3, 0.4) is 0 Å². The molecule has 0 unspecified atom stereocenters. The Morgan fingerprint density at radius 3 is 2.76 bits per heavy atom. The molecular formula is C13H15N3O. The molecule has 4 heteroatoms. The van der Waals surface area contributed by atoms with Crippen molar-refractivity contribution in [3.05, 3.63) is 53.6 Å². The summed E-state index contributed by atoms with van der Waals surface area (Å²) in [5.41, 5.74) is 8.16. The summed E-state index contributed by atoms with van der Waals surface area (Å²) in [5, 5.41) is 0. The van der Waals surface area contributed by atoms with Crippen molar-refractivity contribution in [3.63, 3.8) is 0 Å². The zero-order valence-electron chi connectivity index (χ0n) is 9.76. The van der Waals surface area contributed by atoms with Crippen LogP contribution >= 0.6 is 0 Å². The number of rotatable bonds is 4. The molecule has 0 fully saturated rings. The SMILES string of the molecule is Cc1ncccc1OCc1cccc(CN)n1. The molecule has 0 aliphatic carbocycles. The van der Waals surface area contributed by atoms with Gasteiger partial charge in [-0.1, -0.05) is 6.07 Å². The van der Waals surface area contributed by atoms with Gasteiger partial charge >= 0.3 is 0 Å². The molecule has 2 aromatic rings. The van der Waals surface area contributed by atoms with Gasteiger partial charge in [0, 0.05) is 12.7 Å². The minimum Gasteiger partial charge on any atom is -0.485 e. The number of hydrogen-bond acceptors (Lipinski definition) is 4. The van der Waals surface area contributed by atoms with Crippen molar-refractivity contribution >= 4 is 0 Å². The summed E-state index contributed by atoms with van der Waals surface area (Å²) >= 11 is 0. The van der Waals surface area contributed by atoms with Gasteiger partial charge in [0.2, 0.25) is 0 Å². The first-order valence-electron chi connectivity index (χ1n) is 5.49. The third-order valence-electron chi connectivity index (χ3n) is 2.41. The van der Waals surface area contributed by atoms with Crippen LogP contribution in [0.5, 0.6) is 5.75 Å². The average molecular weight is 229 g/mol. The highest BCUT2D eigenvalue weighted by molar-refractivity contribution is 5.25. The number of aryl methyl sites for hydroxylation is 1. The van der Waals surface area contributed by atoms with E-state index in [1.54, 1.807) is 6.20 Å². The Bertz CT molecular complexity index is 500. The van der Waals surface area contributed by atoms with Crippen molar-refractivity contribution in [3.8, 4) is 5.75 Å². The van der Waals surface area contributed by atoms with Crippen LogP contribution in [-0.2, 0) is 13.2 Å². The topological polar surface area (TPSA) is 61.0 Å². The lowest BCUT2D eigenvalue weighted by atomic mass is 10.3. The summed E-state index contributed by atoms with van der Waals surface area (Å²) in [4.78, 5) is 8.53. The highest BCUT2D eigenvalue weighted by atomic mass is 16.5. The van der Waals surface area contributed by atoms with Crippen molar-refractivity contribution in [2.45, 2.75) is 20.1 Å². The van der Waals surface area contributed by atoms with Crippen molar-refractivity contribution in [2.75, 3.05) is 0 Å². The quantitative estimate of drug-likeness (QED) is 0.868. The van der Waals surface area contributed by atoms with Gasteiger partial charge in [-0.05, 0) is 31.2 Å². The summed E-state index contributed by atoms with van der Waals surface area (Å²) in [6, 6.07) is 9.51. The molecule has 88 valence electrons. The molecule has 0 aliphatic rings. The Labute approximate surface area is 100 Å². The monoisotopic (exact) mass is 229 g/mol. The van der Waals surface area contributed by atoms with Gasteiger partial charge < -0.3 is 10.5 Å². The third kappa shape index (κ3) is 3.01. The zero-order chi connectivity index (χ0) is 12.1. The van der Waals surface area contributed by atoms with E-state index in [9.17, 15) is 0 Å². The van der Waals surface area contributed by atoms with Crippen LogP contribution in [0.15, 0.2) is 36.5 Å². The lowest BCUT2D eigenvalue weighted by Gasteiger charge is -2.08. The van der Waals surface area contributed by atoms with Crippen LogP contribution in [0.2, 0.25) is 0 Å². The molecule has 2 heterocycles. The normalized spacial score (nSPS) is 10.2. The first-order valence-corrected chi connectivity index (χ1v) is 5.49. The van der Waals surface area contributed by atoms with Crippen LogP contribution in [0.25, 0.3) is 0 Å². The minimum absolute atomic E-state index is 0.431. The standard InChI is InChI=1S/C13H15N3O/c1-10-13(6-3-7-15-10)17-9-12-5-2-4-11(8-14)16-12/h2-7H,8-9,14H2,1H3. The number of pyridine rings is 2. The minimum atomic E-state index is 0.431. The molecule has 0 amide bonds. The molecule has 0 spiro atoms. The van der Waals surface area contributed by atoms with Crippen LogP contribution in [0.4, 0.5) is 0 Å². The second-order valence-electron chi connectivity index (χ2n) is 3.70. The maximum atomic E-state index is 5.66. The molecule has 2 N–H and O–H groups in total. The maximum absolute atomic E-state index is 5.66. The van der Waals surface area contributed by atoms with E-state index in [-0.39, 0.29) is 0 Å². The van der Waals surface area contributed by atoms with Crippen molar-refractivity contribution in [1.82, 2.24) is 9.97 Å². The van der Waals surface area contributed by atoms with Crippen molar-refractivity contribution in [1.29, 1.82) is 0 Å². The molecular weight excluding hydrogens is 214 g/mol. The van der Waals surface area contributed by atoms with Crippen LogP contribution < -0.4 is 10.5 Å². The number of aromatic nitrogens is 2. The summed E-state index contributed by atoms with van der Waals surface area (Å²) in [6.07, 6.45) is 1.75. The van der Waals surface area contributed by atoms with Crippen molar-refractivity contribution in [2.24, 2.45) is 5.73 Å². The van der Waals surface area contributed by atoms with Gasteiger partial charge in [-0.3, -0.25) is 9.97 Å². The molecule has 4 nitrogen and oxygen atoms in total.